The zero-order valence-electron chi connectivity index (χ0n) is 7.66. The first-order chi connectivity index (χ1) is 6.26. The lowest BCUT2D eigenvalue weighted by Gasteiger charge is -1.98. The zero-order valence-corrected chi connectivity index (χ0v) is 7.66. The molecule has 0 aromatic carbocycles. The molecule has 1 aromatic rings. The van der Waals surface area contributed by atoms with Gasteiger partial charge in [-0.2, -0.15) is 0 Å². The van der Waals surface area contributed by atoms with Gasteiger partial charge in [-0.3, -0.25) is 0 Å². The molecule has 1 N–H and O–H groups in total. The van der Waals surface area contributed by atoms with Gasteiger partial charge >= 0.3 is 6.09 Å². The number of aryl methyl sites for hydroxylation is 1. The Morgan fingerprint density at radius 1 is 1.77 bits per heavy atom. The lowest BCUT2D eigenvalue weighted by atomic mass is 10.4. The lowest BCUT2D eigenvalue weighted by Crippen LogP contribution is -2.22. The van der Waals surface area contributed by atoms with Gasteiger partial charge in [0.15, 0.2) is 0 Å². The standard InChI is InChI=1S/C8H12N2O3/c1-3-6-4-9-7(13-6)5-10-8(11)12-2/h4H,3,5H2,1-2H3,(H,10,11). The summed E-state index contributed by atoms with van der Waals surface area (Å²) in [5.41, 5.74) is 0. The van der Waals surface area contributed by atoms with Crippen LogP contribution < -0.4 is 5.32 Å². The molecule has 5 heteroatoms. The number of hydrogen-bond donors (Lipinski definition) is 1. The molecule has 0 saturated heterocycles. The molecule has 0 saturated carbocycles. The third-order valence-corrected chi connectivity index (χ3v) is 1.52. The van der Waals surface area contributed by atoms with E-state index in [2.05, 4.69) is 15.0 Å². The van der Waals surface area contributed by atoms with Crippen molar-refractivity contribution in [3.05, 3.63) is 17.8 Å². The van der Waals surface area contributed by atoms with Crippen LogP contribution in [-0.2, 0) is 17.7 Å². The molecule has 5 nitrogen and oxygen atoms in total. The summed E-state index contributed by atoms with van der Waals surface area (Å²) in [4.78, 5) is 14.6. The molecule has 0 aliphatic carbocycles. The quantitative estimate of drug-likeness (QED) is 0.763. The van der Waals surface area contributed by atoms with Gasteiger partial charge in [0.1, 0.15) is 5.76 Å². The van der Waals surface area contributed by atoms with Crippen LogP contribution in [0.2, 0.25) is 0 Å². The monoisotopic (exact) mass is 184 g/mol. The second-order valence-electron chi connectivity index (χ2n) is 2.42. The Morgan fingerprint density at radius 3 is 3.08 bits per heavy atom. The SMILES string of the molecule is CCc1cnc(CNC(=O)OC)o1. The summed E-state index contributed by atoms with van der Waals surface area (Å²) in [5, 5.41) is 2.47. The van der Waals surface area contributed by atoms with Crippen LogP contribution in [0.15, 0.2) is 10.6 Å². The van der Waals surface area contributed by atoms with Crippen molar-refractivity contribution in [3.63, 3.8) is 0 Å². The highest BCUT2D eigenvalue weighted by Gasteiger charge is 2.04. The Bertz CT molecular complexity index is 283. The Labute approximate surface area is 76.1 Å². The van der Waals surface area contributed by atoms with Crippen LogP contribution in [-0.4, -0.2) is 18.2 Å². The van der Waals surface area contributed by atoms with Crippen molar-refractivity contribution >= 4 is 6.09 Å². The van der Waals surface area contributed by atoms with Gasteiger partial charge in [-0.15, -0.1) is 0 Å². The number of nitrogens with one attached hydrogen (secondary N) is 1. The first-order valence-corrected chi connectivity index (χ1v) is 4.01. The van der Waals surface area contributed by atoms with Gasteiger partial charge in [0, 0.05) is 6.42 Å². The minimum atomic E-state index is -0.490. The number of ether oxygens (including phenoxy) is 1. The molecule has 72 valence electrons. The Balaban J connectivity index is 2.41. The number of carbonyl (C=O) groups excluding carboxylic acids is 1. The van der Waals surface area contributed by atoms with E-state index in [0.29, 0.717) is 5.89 Å². The third-order valence-electron chi connectivity index (χ3n) is 1.52. The van der Waals surface area contributed by atoms with E-state index in [9.17, 15) is 4.79 Å². The molecule has 0 spiro atoms. The van der Waals surface area contributed by atoms with Gasteiger partial charge in [0.2, 0.25) is 5.89 Å². The number of nitrogens with zero attached hydrogens (tertiary/aromatic N) is 1. The largest absolute Gasteiger partial charge is 0.453 e. The predicted molar refractivity (Wildman–Crippen MR) is 45.1 cm³/mol. The fourth-order valence-electron chi connectivity index (χ4n) is 0.813. The Morgan fingerprint density at radius 2 is 2.54 bits per heavy atom. The number of hydrogen-bond acceptors (Lipinski definition) is 4. The van der Waals surface area contributed by atoms with Crippen LogP contribution >= 0.6 is 0 Å². The summed E-state index contributed by atoms with van der Waals surface area (Å²) >= 11 is 0. The van der Waals surface area contributed by atoms with Crippen LogP contribution in [0, 0.1) is 0 Å². The summed E-state index contributed by atoms with van der Waals surface area (Å²) < 4.78 is 9.63. The first kappa shape index (κ1) is 9.57. The molecular weight excluding hydrogens is 172 g/mol. The van der Waals surface area contributed by atoms with E-state index in [1.807, 2.05) is 6.92 Å². The summed E-state index contributed by atoms with van der Waals surface area (Å²) in [7, 11) is 1.31. The molecule has 1 heterocycles. The average molecular weight is 184 g/mol. The highest BCUT2D eigenvalue weighted by Crippen LogP contribution is 2.03. The Kier molecular flexibility index (Phi) is 3.31. The summed E-state index contributed by atoms with van der Waals surface area (Å²) in [6.45, 7) is 2.23. The smallest absolute Gasteiger partial charge is 0.407 e. The van der Waals surface area contributed by atoms with Crippen molar-refractivity contribution in [3.8, 4) is 0 Å². The minimum Gasteiger partial charge on any atom is -0.453 e. The second kappa shape index (κ2) is 4.49. The number of amides is 1. The molecule has 1 rings (SSSR count). The first-order valence-electron chi connectivity index (χ1n) is 4.01. The number of aromatic nitrogens is 1. The molecular formula is C8H12N2O3. The Hall–Kier alpha value is -1.52. The fraction of sp³-hybridized carbons (Fsp3) is 0.500. The molecule has 1 amide bonds. The van der Waals surface area contributed by atoms with Crippen LogP contribution in [0.5, 0.6) is 0 Å². The van der Waals surface area contributed by atoms with E-state index in [1.165, 1.54) is 7.11 Å². The summed E-state index contributed by atoms with van der Waals surface area (Å²) in [6, 6.07) is 0. The topological polar surface area (TPSA) is 64.4 Å². The van der Waals surface area contributed by atoms with Gasteiger partial charge in [-0.05, 0) is 0 Å². The molecule has 0 atom stereocenters. The van der Waals surface area contributed by atoms with E-state index < -0.39 is 6.09 Å². The van der Waals surface area contributed by atoms with Gasteiger partial charge < -0.3 is 14.5 Å². The van der Waals surface area contributed by atoms with Crippen molar-refractivity contribution in [2.24, 2.45) is 0 Å². The van der Waals surface area contributed by atoms with Gasteiger partial charge in [-0.1, -0.05) is 6.92 Å². The normalized spacial score (nSPS) is 9.69. The third kappa shape index (κ3) is 2.77. The van der Waals surface area contributed by atoms with Crippen molar-refractivity contribution in [2.45, 2.75) is 19.9 Å². The summed E-state index contributed by atoms with van der Waals surface area (Å²) in [5.74, 6) is 1.30. The maximum atomic E-state index is 10.7. The van der Waals surface area contributed by atoms with E-state index in [1.54, 1.807) is 6.20 Å². The second-order valence-corrected chi connectivity index (χ2v) is 2.42. The van der Waals surface area contributed by atoms with Crippen LogP contribution in [0.3, 0.4) is 0 Å². The molecule has 0 aliphatic rings. The number of carbonyl (C=O) groups is 1. The number of alkyl carbamates (subject to hydrolysis) is 1. The van der Waals surface area contributed by atoms with E-state index in [4.69, 9.17) is 4.42 Å². The number of oxazole rings is 1. The average Bonchev–Trinajstić information content (AvgIpc) is 2.61. The highest BCUT2D eigenvalue weighted by molar-refractivity contribution is 5.66. The van der Waals surface area contributed by atoms with Crippen LogP contribution in [0.4, 0.5) is 4.79 Å². The maximum absolute atomic E-state index is 10.7. The summed E-state index contributed by atoms with van der Waals surface area (Å²) in [6.07, 6.45) is 1.95. The van der Waals surface area contributed by atoms with E-state index in [0.717, 1.165) is 12.2 Å². The molecule has 0 radical (unpaired) electrons. The molecule has 0 fully saturated rings. The lowest BCUT2D eigenvalue weighted by molar-refractivity contribution is 0.169. The molecule has 0 bridgehead atoms. The predicted octanol–water partition coefficient (Wildman–Crippen LogP) is 1.09. The van der Waals surface area contributed by atoms with Crippen molar-refractivity contribution < 1.29 is 13.9 Å². The van der Waals surface area contributed by atoms with Crippen molar-refractivity contribution in [1.82, 2.24) is 10.3 Å². The van der Waals surface area contributed by atoms with Gasteiger partial charge in [-0.25, -0.2) is 9.78 Å². The molecule has 1 aromatic heterocycles. The van der Waals surface area contributed by atoms with Crippen LogP contribution in [0.25, 0.3) is 0 Å². The van der Waals surface area contributed by atoms with Gasteiger partial charge in [0.25, 0.3) is 0 Å². The zero-order chi connectivity index (χ0) is 9.68. The van der Waals surface area contributed by atoms with Gasteiger partial charge in [0.05, 0.1) is 19.9 Å². The van der Waals surface area contributed by atoms with Crippen LogP contribution in [0.1, 0.15) is 18.6 Å². The fourth-order valence-corrected chi connectivity index (χ4v) is 0.813. The molecule has 13 heavy (non-hydrogen) atoms. The minimum absolute atomic E-state index is 0.257. The highest BCUT2D eigenvalue weighted by atomic mass is 16.5. The maximum Gasteiger partial charge on any atom is 0.407 e. The molecule has 0 unspecified atom stereocenters. The van der Waals surface area contributed by atoms with E-state index >= 15 is 0 Å². The van der Waals surface area contributed by atoms with Crippen molar-refractivity contribution in [2.75, 3.05) is 7.11 Å². The van der Waals surface area contributed by atoms with Crippen molar-refractivity contribution in [1.29, 1.82) is 0 Å². The molecule has 0 aliphatic heterocycles. The number of methoxy groups -OCH3 is 1. The number of rotatable bonds is 3. The van der Waals surface area contributed by atoms with E-state index in [-0.39, 0.29) is 6.54 Å².